The molecular weight excluding hydrogens is 551 g/mol. The zero-order valence-corrected chi connectivity index (χ0v) is 25.5. The highest BCUT2D eigenvalue weighted by Gasteiger charge is 2.37. The molecule has 0 saturated carbocycles. The lowest BCUT2D eigenvalue weighted by Gasteiger charge is -2.43. The topological polar surface area (TPSA) is 88.2 Å². The average Bonchev–Trinajstić information content (AvgIpc) is 2.90. The number of ether oxygens (including phenoxy) is 2. The predicted molar refractivity (Wildman–Crippen MR) is 152 cm³/mol. The molecule has 2 aliphatic rings. The molecule has 2 fully saturated rings. The number of halogens is 4. The highest BCUT2D eigenvalue weighted by molar-refractivity contribution is 6.31. The van der Waals surface area contributed by atoms with E-state index in [1.54, 1.807) is 37.7 Å². The van der Waals surface area contributed by atoms with Gasteiger partial charge in [0.2, 0.25) is 5.91 Å². The number of methoxy groups -OCH3 is 1. The van der Waals surface area contributed by atoms with Crippen LogP contribution in [-0.4, -0.2) is 79.6 Å². The fourth-order valence-electron chi connectivity index (χ4n) is 4.14. The fraction of sp³-hybridized carbons (Fsp3) is 0.679. The molecule has 2 unspecified atom stereocenters. The van der Waals surface area contributed by atoms with Crippen molar-refractivity contribution in [3.63, 3.8) is 0 Å². The monoisotopic (exact) mass is 595 g/mol. The van der Waals surface area contributed by atoms with Gasteiger partial charge < -0.3 is 29.4 Å². The smallest absolute Gasteiger partial charge is 0.416 e. The van der Waals surface area contributed by atoms with E-state index in [1.807, 2.05) is 27.6 Å². The molecule has 12 heteroatoms. The first kappa shape index (κ1) is 37.5. The summed E-state index contributed by atoms with van der Waals surface area (Å²) in [5, 5.41) is 2.88. The summed E-state index contributed by atoms with van der Waals surface area (Å²) in [6.07, 6.45) is -2.22. The molecule has 0 aliphatic carbocycles. The normalized spacial score (nSPS) is 19.1. The van der Waals surface area contributed by atoms with Crippen LogP contribution in [0.3, 0.4) is 0 Å². The van der Waals surface area contributed by atoms with Gasteiger partial charge in [0.05, 0.1) is 5.56 Å². The summed E-state index contributed by atoms with van der Waals surface area (Å²) in [6.45, 7) is 15.7. The number of carbonyl (C=O) groups is 3. The van der Waals surface area contributed by atoms with E-state index in [1.165, 1.54) is 6.07 Å². The molecule has 2 amide bonds. The van der Waals surface area contributed by atoms with E-state index in [9.17, 15) is 22.8 Å². The lowest BCUT2D eigenvalue weighted by molar-refractivity contribution is -0.138. The van der Waals surface area contributed by atoms with Gasteiger partial charge in [-0.05, 0) is 71.6 Å². The fourth-order valence-corrected chi connectivity index (χ4v) is 4.37. The van der Waals surface area contributed by atoms with Gasteiger partial charge in [0, 0.05) is 50.1 Å². The summed E-state index contributed by atoms with van der Waals surface area (Å²) in [4.78, 5) is 37.0. The number of nitrogens with zero attached hydrogens (tertiary/aromatic N) is 2. The molecule has 1 aromatic rings. The van der Waals surface area contributed by atoms with Crippen molar-refractivity contribution in [2.75, 3.05) is 38.7 Å². The van der Waals surface area contributed by atoms with E-state index >= 15 is 0 Å². The number of nitrogens with one attached hydrogen (secondary N) is 1. The minimum absolute atomic E-state index is 0.0530. The molecule has 2 heterocycles. The molecule has 2 atom stereocenters. The van der Waals surface area contributed by atoms with Gasteiger partial charge in [0.1, 0.15) is 18.4 Å². The summed E-state index contributed by atoms with van der Waals surface area (Å²) < 4.78 is 49.3. The van der Waals surface area contributed by atoms with Crippen LogP contribution in [0.1, 0.15) is 72.8 Å². The van der Waals surface area contributed by atoms with Crippen molar-refractivity contribution in [3.05, 3.63) is 28.8 Å². The van der Waals surface area contributed by atoms with E-state index in [0.29, 0.717) is 32.5 Å². The van der Waals surface area contributed by atoms with Crippen LogP contribution in [0.15, 0.2) is 18.2 Å². The first-order valence-corrected chi connectivity index (χ1v) is 13.8. The Labute approximate surface area is 241 Å². The van der Waals surface area contributed by atoms with Gasteiger partial charge in [-0.2, -0.15) is 13.2 Å². The Kier molecular flexibility index (Phi) is 16.9. The Balaban J connectivity index is 0.00000171. The van der Waals surface area contributed by atoms with Crippen LogP contribution in [-0.2, 0) is 25.2 Å². The van der Waals surface area contributed by atoms with E-state index in [4.69, 9.17) is 21.1 Å². The highest BCUT2D eigenvalue weighted by atomic mass is 35.5. The average molecular weight is 596 g/mol. The Hall–Kier alpha value is -2.53. The second-order valence-corrected chi connectivity index (χ2v) is 10.3. The van der Waals surface area contributed by atoms with Crippen molar-refractivity contribution in [1.82, 2.24) is 9.80 Å². The maximum Gasteiger partial charge on any atom is 0.416 e. The molecule has 0 spiro atoms. The maximum atomic E-state index is 13.2. The van der Waals surface area contributed by atoms with E-state index in [-0.39, 0.29) is 22.7 Å². The lowest BCUT2D eigenvalue weighted by atomic mass is 9.97. The summed E-state index contributed by atoms with van der Waals surface area (Å²) in [5.41, 5.74) is -1.32. The number of alkyl halides is 3. The van der Waals surface area contributed by atoms with Gasteiger partial charge in [0.25, 0.3) is 0 Å². The van der Waals surface area contributed by atoms with Gasteiger partial charge in [-0.3, -0.25) is 4.79 Å². The van der Waals surface area contributed by atoms with Crippen LogP contribution >= 0.6 is 11.6 Å². The second kappa shape index (κ2) is 18.0. The molecular formula is C28H45ClF3N3O5. The van der Waals surface area contributed by atoms with Crippen molar-refractivity contribution in [3.8, 4) is 0 Å². The predicted octanol–water partition coefficient (Wildman–Crippen LogP) is 6.66. The largest absolute Gasteiger partial charge is 0.444 e. The lowest BCUT2D eigenvalue weighted by Crippen LogP contribution is -2.57. The van der Waals surface area contributed by atoms with Gasteiger partial charge in [-0.1, -0.05) is 25.4 Å². The summed E-state index contributed by atoms with van der Waals surface area (Å²) >= 11 is 5.87. The van der Waals surface area contributed by atoms with Crippen LogP contribution in [0.25, 0.3) is 0 Å². The molecule has 2 saturated heterocycles. The van der Waals surface area contributed by atoms with Gasteiger partial charge in [-0.15, -0.1) is 0 Å². The van der Waals surface area contributed by atoms with Crippen LogP contribution in [0.4, 0.5) is 23.7 Å². The number of benzene rings is 1. The standard InChI is InChI=1S/C22H29ClF3N3O3.C3H8O.C2H6.CH2O/c1-21(2,3)32-20(31)28-8-4-6-17(13-28)29-9-5-7-18(19(29)30)27-16-11-14(22(24,25)26)10-15(23)12-16;1-3-4-2;2*1-2/h10-12,17-18,27H,4-9,13H2,1-3H3;3H2,1-2H3;1-2H3;1H2. The molecule has 8 nitrogen and oxygen atoms in total. The Morgan fingerprint density at radius 2 is 1.68 bits per heavy atom. The minimum atomic E-state index is -4.53. The second-order valence-electron chi connectivity index (χ2n) is 9.90. The zero-order chi connectivity index (χ0) is 31.1. The molecule has 0 aromatic heterocycles. The molecule has 0 radical (unpaired) electrons. The number of amides is 2. The number of rotatable bonds is 4. The Morgan fingerprint density at radius 1 is 1.10 bits per heavy atom. The summed E-state index contributed by atoms with van der Waals surface area (Å²) in [6, 6.07) is 2.39. The molecule has 0 bridgehead atoms. The molecule has 40 heavy (non-hydrogen) atoms. The maximum absolute atomic E-state index is 13.2. The van der Waals surface area contributed by atoms with Crippen LogP contribution in [0, 0.1) is 0 Å². The van der Waals surface area contributed by atoms with Crippen molar-refractivity contribution in [2.24, 2.45) is 0 Å². The third-order valence-corrected chi connectivity index (χ3v) is 6.03. The van der Waals surface area contributed by atoms with Crippen molar-refractivity contribution in [1.29, 1.82) is 0 Å². The first-order valence-electron chi connectivity index (χ1n) is 13.5. The van der Waals surface area contributed by atoms with Crippen molar-refractivity contribution >= 4 is 36.1 Å². The van der Waals surface area contributed by atoms with Crippen LogP contribution in [0.2, 0.25) is 5.02 Å². The van der Waals surface area contributed by atoms with Gasteiger partial charge >= 0.3 is 12.3 Å². The number of likely N-dealkylation sites (tertiary alicyclic amines) is 2. The third kappa shape index (κ3) is 12.8. The van der Waals surface area contributed by atoms with Crippen LogP contribution < -0.4 is 5.32 Å². The number of hydrogen-bond donors (Lipinski definition) is 1. The first-order chi connectivity index (χ1) is 18.7. The van der Waals surface area contributed by atoms with E-state index < -0.39 is 29.5 Å². The molecule has 2 aliphatic heterocycles. The zero-order valence-electron chi connectivity index (χ0n) is 24.7. The summed E-state index contributed by atoms with van der Waals surface area (Å²) in [7, 11) is 1.68. The van der Waals surface area contributed by atoms with E-state index in [2.05, 4.69) is 10.1 Å². The number of carbonyl (C=O) groups excluding carboxylic acids is 3. The minimum Gasteiger partial charge on any atom is -0.444 e. The molecule has 3 rings (SSSR count). The number of piperidine rings is 2. The Bertz CT molecular complexity index is 910. The van der Waals surface area contributed by atoms with Gasteiger partial charge in [-0.25, -0.2) is 4.79 Å². The molecule has 1 N–H and O–H groups in total. The quantitative estimate of drug-likeness (QED) is 0.419. The SMILES string of the molecule is C=O.CC.CC(C)(C)OC(=O)N1CCCC(N2CCCC(Nc3cc(Cl)cc(C(F)(F)F)c3)C2=O)C1.CCOC. The van der Waals surface area contributed by atoms with Crippen molar-refractivity contribution in [2.45, 2.75) is 91.1 Å². The van der Waals surface area contributed by atoms with Crippen molar-refractivity contribution < 1.29 is 37.0 Å². The third-order valence-electron chi connectivity index (χ3n) is 5.82. The number of hydrogen-bond acceptors (Lipinski definition) is 6. The Morgan fingerprint density at radius 3 is 2.20 bits per heavy atom. The highest BCUT2D eigenvalue weighted by Crippen LogP contribution is 2.34. The van der Waals surface area contributed by atoms with Crippen LogP contribution in [0.5, 0.6) is 0 Å². The summed E-state index contributed by atoms with van der Waals surface area (Å²) in [5.74, 6) is -0.180. The van der Waals surface area contributed by atoms with E-state index in [0.717, 1.165) is 31.6 Å². The number of anilines is 1. The molecule has 230 valence electrons. The molecule has 1 aromatic carbocycles. The van der Waals surface area contributed by atoms with Gasteiger partial charge in [0.15, 0.2) is 0 Å².